The van der Waals surface area contributed by atoms with E-state index in [0.29, 0.717) is 11.4 Å². The number of nitrogens with zero attached hydrogens (tertiary/aromatic N) is 1. The van der Waals surface area contributed by atoms with E-state index in [4.69, 9.17) is 9.47 Å². The molecule has 112 valence electrons. The second-order valence-corrected chi connectivity index (χ2v) is 5.53. The van der Waals surface area contributed by atoms with E-state index in [1.165, 1.54) is 0 Å². The molecule has 6 nitrogen and oxygen atoms in total. The normalized spacial score (nSPS) is 11.0. The van der Waals surface area contributed by atoms with Crippen LogP contribution in [0.15, 0.2) is 30.6 Å². The van der Waals surface area contributed by atoms with E-state index < -0.39 is 11.7 Å². The zero-order valence-corrected chi connectivity index (χ0v) is 12.6. The van der Waals surface area contributed by atoms with Gasteiger partial charge in [-0.2, -0.15) is 5.10 Å². The van der Waals surface area contributed by atoms with Gasteiger partial charge in [0, 0.05) is 29.1 Å². The van der Waals surface area contributed by atoms with Crippen molar-refractivity contribution >= 4 is 11.8 Å². The Hall–Kier alpha value is -2.50. The van der Waals surface area contributed by atoms with Gasteiger partial charge in [0.05, 0.1) is 13.3 Å². The van der Waals surface area contributed by atoms with Gasteiger partial charge in [0.2, 0.25) is 0 Å². The number of amides is 1. The van der Waals surface area contributed by atoms with E-state index in [-0.39, 0.29) is 0 Å². The molecule has 21 heavy (non-hydrogen) atoms. The molecule has 0 spiro atoms. The number of nitrogens with one attached hydrogen (secondary N) is 2. The van der Waals surface area contributed by atoms with Gasteiger partial charge in [-0.3, -0.25) is 10.4 Å². The number of methoxy groups -OCH3 is 1. The number of anilines is 1. The minimum atomic E-state index is -0.537. The predicted molar refractivity (Wildman–Crippen MR) is 80.4 cm³/mol. The first kappa shape index (κ1) is 14.9. The lowest BCUT2D eigenvalue weighted by molar-refractivity contribution is 0.0636. The highest BCUT2D eigenvalue weighted by molar-refractivity contribution is 5.86. The van der Waals surface area contributed by atoms with Crippen LogP contribution in [-0.2, 0) is 4.74 Å². The summed E-state index contributed by atoms with van der Waals surface area (Å²) >= 11 is 0. The fourth-order valence-electron chi connectivity index (χ4n) is 1.83. The highest BCUT2D eigenvalue weighted by Gasteiger charge is 2.17. The predicted octanol–water partition coefficient (Wildman–Crippen LogP) is 3.43. The molecule has 1 aromatic carbocycles. The minimum Gasteiger partial charge on any atom is -0.496 e. The average Bonchev–Trinajstić information content (AvgIpc) is 2.89. The molecule has 1 aromatic heterocycles. The van der Waals surface area contributed by atoms with E-state index in [9.17, 15) is 4.79 Å². The number of carbonyl (C=O) groups excluding carboxylic acids is 1. The maximum absolute atomic E-state index is 11.8. The Kier molecular flexibility index (Phi) is 4.16. The summed E-state index contributed by atoms with van der Waals surface area (Å²) in [5, 5.41) is 9.35. The topological polar surface area (TPSA) is 76.2 Å². The van der Waals surface area contributed by atoms with E-state index in [2.05, 4.69) is 15.5 Å². The molecular weight excluding hydrogens is 270 g/mol. The molecule has 0 aliphatic heterocycles. The first-order valence-electron chi connectivity index (χ1n) is 6.56. The van der Waals surface area contributed by atoms with E-state index in [1.807, 2.05) is 26.8 Å². The summed E-state index contributed by atoms with van der Waals surface area (Å²) in [5.74, 6) is 0.643. The van der Waals surface area contributed by atoms with Crippen LogP contribution in [-0.4, -0.2) is 29.0 Å². The van der Waals surface area contributed by atoms with Crippen LogP contribution in [0, 0.1) is 0 Å². The van der Waals surface area contributed by atoms with Crippen LogP contribution < -0.4 is 10.1 Å². The van der Waals surface area contributed by atoms with Crippen molar-refractivity contribution in [3.05, 3.63) is 30.6 Å². The molecule has 0 aliphatic carbocycles. The number of rotatable bonds is 3. The Balaban J connectivity index is 2.18. The second-order valence-electron chi connectivity index (χ2n) is 5.53. The van der Waals surface area contributed by atoms with Gasteiger partial charge in [0.25, 0.3) is 0 Å². The Morgan fingerprint density at radius 3 is 2.67 bits per heavy atom. The smallest absolute Gasteiger partial charge is 0.412 e. The largest absolute Gasteiger partial charge is 0.496 e. The standard InChI is InChI=1S/C15H19N3O3/c1-15(2,3)21-14(19)18-11-5-6-12(13(7-11)20-4)10-8-16-17-9-10/h5-9H,1-4H3,(H,16,17)(H,18,19). The maximum atomic E-state index is 11.8. The van der Waals surface area contributed by atoms with E-state index in [0.717, 1.165) is 11.1 Å². The Bertz CT molecular complexity index is 616. The Morgan fingerprint density at radius 1 is 1.33 bits per heavy atom. The molecule has 0 bridgehead atoms. The zero-order valence-electron chi connectivity index (χ0n) is 12.6. The molecule has 0 unspecified atom stereocenters. The second kappa shape index (κ2) is 5.87. The van der Waals surface area contributed by atoms with E-state index in [1.54, 1.807) is 31.6 Å². The average molecular weight is 289 g/mol. The number of ether oxygens (including phenoxy) is 2. The number of hydrogen-bond donors (Lipinski definition) is 2. The summed E-state index contributed by atoms with van der Waals surface area (Å²) < 4.78 is 10.6. The lowest BCUT2D eigenvalue weighted by Gasteiger charge is -2.20. The minimum absolute atomic E-state index is 0.499. The van der Waals surface area contributed by atoms with Crippen molar-refractivity contribution in [3.63, 3.8) is 0 Å². The van der Waals surface area contributed by atoms with Crippen molar-refractivity contribution in [2.45, 2.75) is 26.4 Å². The third-order valence-electron chi connectivity index (χ3n) is 2.66. The summed E-state index contributed by atoms with van der Waals surface area (Å²) in [6.45, 7) is 5.44. The fraction of sp³-hybridized carbons (Fsp3) is 0.333. The van der Waals surface area contributed by atoms with Crippen LogP contribution in [0.25, 0.3) is 11.1 Å². The van der Waals surface area contributed by atoms with Crippen molar-refractivity contribution in [3.8, 4) is 16.9 Å². The maximum Gasteiger partial charge on any atom is 0.412 e. The molecule has 0 atom stereocenters. The number of aromatic amines is 1. The van der Waals surface area contributed by atoms with Crippen LogP contribution in [0.4, 0.5) is 10.5 Å². The molecule has 2 aromatic rings. The lowest BCUT2D eigenvalue weighted by atomic mass is 10.1. The highest BCUT2D eigenvalue weighted by Crippen LogP contribution is 2.31. The molecule has 2 N–H and O–H groups in total. The van der Waals surface area contributed by atoms with Gasteiger partial charge >= 0.3 is 6.09 Å². The van der Waals surface area contributed by atoms with Crippen LogP contribution in [0.1, 0.15) is 20.8 Å². The Morgan fingerprint density at radius 2 is 2.10 bits per heavy atom. The van der Waals surface area contributed by atoms with E-state index >= 15 is 0 Å². The summed E-state index contributed by atoms with van der Waals surface area (Å²) in [6.07, 6.45) is 2.98. The number of H-pyrrole nitrogens is 1. The number of carbonyl (C=O) groups is 1. The van der Waals surface area contributed by atoms with Gasteiger partial charge in [0.15, 0.2) is 0 Å². The molecular formula is C15H19N3O3. The first-order chi connectivity index (χ1) is 9.89. The van der Waals surface area contributed by atoms with Crippen molar-refractivity contribution in [2.24, 2.45) is 0 Å². The molecule has 1 amide bonds. The fourth-order valence-corrected chi connectivity index (χ4v) is 1.83. The quantitative estimate of drug-likeness (QED) is 0.907. The van der Waals surface area contributed by atoms with Gasteiger partial charge < -0.3 is 9.47 Å². The molecule has 0 aliphatic rings. The van der Waals surface area contributed by atoms with Crippen molar-refractivity contribution in [2.75, 3.05) is 12.4 Å². The van der Waals surface area contributed by atoms with Gasteiger partial charge in [-0.25, -0.2) is 4.79 Å². The summed E-state index contributed by atoms with van der Waals surface area (Å²) in [6, 6.07) is 5.39. The first-order valence-corrected chi connectivity index (χ1v) is 6.56. The van der Waals surface area contributed by atoms with Crippen LogP contribution >= 0.6 is 0 Å². The molecule has 1 heterocycles. The van der Waals surface area contributed by atoms with Gasteiger partial charge in [0.1, 0.15) is 11.4 Å². The van der Waals surface area contributed by atoms with Crippen LogP contribution in [0.2, 0.25) is 0 Å². The number of benzene rings is 1. The van der Waals surface area contributed by atoms with Gasteiger partial charge in [-0.05, 0) is 32.9 Å². The van der Waals surface area contributed by atoms with Crippen molar-refractivity contribution in [1.29, 1.82) is 0 Å². The third-order valence-corrected chi connectivity index (χ3v) is 2.66. The van der Waals surface area contributed by atoms with Crippen molar-refractivity contribution in [1.82, 2.24) is 10.2 Å². The number of hydrogen-bond acceptors (Lipinski definition) is 4. The summed E-state index contributed by atoms with van der Waals surface area (Å²) in [7, 11) is 1.58. The van der Waals surface area contributed by atoms with Crippen molar-refractivity contribution < 1.29 is 14.3 Å². The van der Waals surface area contributed by atoms with Gasteiger partial charge in [-0.1, -0.05) is 0 Å². The highest BCUT2D eigenvalue weighted by atomic mass is 16.6. The zero-order chi connectivity index (χ0) is 15.5. The van der Waals surface area contributed by atoms with Crippen LogP contribution in [0.5, 0.6) is 5.75 Å². The molecule has 6 heteroatoms. The number of aromatic nitrogens is 2. The summed E-state index contributed by atoms with van der Waals surface area (Å²) in [5.41, 5.74) is 1.87. The third kappa shape index (κ3) is 3.98. The molecule has 2 rings (SSSR count). The Labute approximate surface area is 123 Å². The molecule has 0 fully saturated rings. The van der Waals surface area contributed by atoms with Gasteiger partial charge in [-0.15, -0.1) is 0 Å². The molecule has 0 saturated heterocycles. The monoisotopic (exact) mass is 289 g/mol. The lowest BCUT2D eigenvalue weighted by Crippen LogP contribution is -2.27. The SMILES string of the molecule is COc1cc(NC(=O)OC(C)(C)C)ccc1-c1cn[nH]c1. The summed E-state index contributed by atoms with van der Waals surface area (Å²) in [4.78, 5) is 11.8. The molecule has 0 saturated carbocycles. The van der Waals surface area contributed by atoms with Crippen LogP contribution in [0.3, 0.4) is 0 Å². The molecule has 0 radical (unpaired) electrons.